The highest BCUT2D eigenvalue weighted by Gasteiger charge is 2.23. The molecule has 0 aliphatic heterocycles. The van der Waals surface area contributed by atoms with Gasteiger partial charge in [0.2, 0.25) is 0 Å². The summed E-state index contributed by atoms with van der Waals surface area (Å²) in [6.07, 6.45) is -0.640. The Morgan fingerprint density at radius 3 is 2.65 bits per heavy atom. The summed E-state index contributed by atoms with van der Waals surface area (Å²) in [5.41, 5.74) is 0.222. The Bertz CT molecular complexity index is 439. The largest absolute Gasteiger partial charge is 0.392 e. The predicted molar refractivity (Wildman–Crippen MR) is 60.7 cm³/mol. The van der Waals surface area contributed by atoms with E-state index in [4.69, 9.17) is 0 Å². The van der Waals surface area contributed by atoms with E-state index in [2.05, 4.69) is 0 Å². The number of carbonyl (C=O) groups is 1. The minimum absolute atomic E-state index is 0.140. The lowest BCUT2D eigenvalue weighted by molar-refractivity contribution is -0.391. The predicted octanol–water partition coefficient (Wildman–Crippen LogP) is 0.386. The van der Waals surface area contributed by atoms with Crippen LogP contribution in [-0.4, -0.2) is 45.1 Å². The number of nitro groups is 1. The van der Waals surface area contributed by atoms with E-state index in [0.29, 0.717) is 0 Å². The van der Waals surface area contributed by atoms with Crippen LogP contribution in [-0.2, 0) is 7.05 Å². The molecule has 0 spiro atoms. The van der Waals surface area contributed by atoms with Crippen molar-refractivity contribution in [2.75, 3.05) is 13.6 Å². The van der Waals surface area contributed by atoms with Gasteiger partial charge in [0.25, 0.3) is 5.91 Å². The molecule has 0 saturated heterocycles. The van der Waals surface area contributed by atoms with Crippen LogP contribution < -0.4 is 0 Å². The van der Waals surface area contributed by atoms with Crippen molar-refractivity contribution in [1.29, 1.82) is 0 Å². The first-order chi connectivity index (χ1) is 7.84. The minimum Gasteiger partial charge on any atom is -0.392 e. The molecule has 1 aromatic heterocycles. The second kappa shape index (κ2) is 4.96. The van der Waals surface area contributed by atoms with Crippen LogP contribution in [0.5, 0.6) is 0 Å². The third-order valence-corrected chi connectivity index (χ3v) is 2.39. The van der Waals surface area contributed by atoms with E-state index in [1.807, 2.05) is 0 Å². The monoisotopic (exact) mass is 241 g/mol. The molecule has 0 fully saturated rings. The van der Waals surface area contributed by atoms with E-state index in [1.165, 1.54) is 35.7 Å². The Balaban J connectivity index is 2.93. The Hall–Kier alpha value is -1.89. The third-order valence-electron chi connectivity index (χ3n) is 2.39. The highest BCUT2D eigenvalue weighted by molar-refractivity contribution is 5.93. The van der Waals surface area contributed by atoms with Gasteiger partial charge in [0.05, 0.1) is 13.2 Å². The van der Waals surface area contributed by atoms with Crippen LogP contribution in [0.3, 0.4) is 0 Å². The number of rotatable bonds is 4. The lowest BCUT2D eigenvalue weighted by atomic mass is 10.3. The first-order valence-corrected chi connectivity index (χ1v) is 5.08. The summed E-state index contributed by atoms with van der Waals surface area (Å²) in [5, 5.41) is 19.8. The fourth-order valence-electron chi connectivity index (χ4n) is 1.57. The molecule has 0 bridgehead atoms. The number of hydrogen-bond acceptors (Lipinski definition) is 4. The van der Waals surface area contributed by atoms with Crippen molar-refractivity contribution in [2.24, 2.45) is 7.05 Å². The molecular weight excluding hydrogens is 226 g/mol. The van der Waals surface area contributed by atoms with Gasteiger partial charge in [-0.15, -0.1) is 0 Å². The molecule has 1 aromatic rings. The van der Waals surface area contributed by atoms with Crippen molar-refractivity contribution >= 4 is 11.7 Å². The molecule has 1 N–H and O–H groups in total. The topological polar surface area (TPSA) is 88.6 Å². The van der Waals surface area contributed by atoms with Crippen LogP contribution in [0.4, 0.5) is 5.82 Å². The van der Waals surface area contributed by atoms with Crippen LogP contribution in [0.2, 0.25) is 0 Å². The van der Waals surface area contributed by atoms with Gasteiger partial charge in [-0.1, -0.05) is 0 Å². The standard InChI is InChI=1S/C10H15N3O4/c1-7(14)6-11(2)10(15)8-4-5-9(12(8)3)13(16)17/h4-5,7,14H,6H2,1-3H3. The quantitative estimate of drug-likeness (QED) is 0.610. The molecule has 0 aliphatic rings. The molecule has 7 heteroatoms. The molecule has 1 unspecified atom stereocenters. The van der Waals surface area contributed by atoms with Crippen molar-refractivity contribution in [1.82, 2.24) is 9.47 Å². The van der Waals surface area contributed by atoms with E-state index >= 15 is 0 Å². The normalized spacial score (nSPS) is 12.2. The number of hydrogen-bond donors (Lipinski definition) is 1. The van der Waals surface area contributed by atoms with Gasteiger partial charge in [-0.05, 0) is 17.9 Å². The van der Waals surface area contributed by atoms with E-state index in [0.717, 1.165) is 0 Å². The molecule has 94 valence electrons. The summed E-state index contributed by atoms with van der Waals surface area (Å²) in [5.74, 6) is -0.500. The lowest BCUT2D eigenvalue weighted by Crippen LogP contribution is -2.34. The van der Waals surface area contributed by atoms with E-state index < -0.39 is 11.0 Å². The van der Waals surface area contributed by atoms with Gasteiger partial charge >= 0.3 is 5.82 Å². The van der Waals surface area contributed by atoms with Crippen molar-refractivity contribution < 1.29 is 14.8 Å². The lowest BCUT2D eigenvalue weighted by Gasteiger charge is -2.17. The van der Waals surface area contributed by atoms with Crippen molar-refractivity contribution in [3.8, 4) is 0 Å². The summed E-state index contributed by atoms with van der Waals surface area (Å²) in [4.78, 5) is 23.3. The molecule has 1 amide bonds. The van der Waals surface area contributed by atoms with Crippen LogP contribution in [0.1, 0.15) is 17.4 Å². The third kappa shape index (κ3) is 2.82. The van der Waals surface area contributed by atoms with Crippen molar-refractivity contribution in [3.63, 3.8) is 0 Å². The highest BCUT2D eigenvalue weighted by atomic mass is 16.6. The van der Waals surface area contributed by atoms with Crippen LogP contribution in [0.15, 0.2) is 12.1 Å². The Morgan fingerprint density at radius 1 is 1.65 bits per heavy atom. The van der Waals surface area contributed by atoms with Gasteiger partial charge in [-0.2, -0.15) is 0 Å². The fraction of sp³-hybridized carbons (Fsp3) is 0.500. The maximum atomic E-state index is 11.9. The molecule has 17 heavy (non-hydrogen) atoms. The Morgan fingerprint density at radius 2 is 2.24 bits per heavy atom. The smallest absolute Gasteiger partial charge is 0.323 e. The number of aliphatic hydroxyl groups is 1. The van der Waals surface area contributed by atoms with Crippen LogP contribution in [0.25, 0.3) is 0 Å². The van der Waals surface area contributed by atoms with E-state index in [1.54, 1.807) is 6.92 Å². The van der Waals surface area contributed by atoms with Gasteiger partial charge in [0.1, 0.15) is 0 Å². The summed E-state index contributed by atoms with van der Waals surface area (Å²) in [6, 6.07) is 2.68. The molecule has 1 atom stereocenters. The first kappa shape index (κ1) is 13.2. The minimum atomic E-state index is -0.640. The summed E-state index contributed by atoms with van der Waals surface area (Å²) in [6.45, 7) is 1.75. The van der Waals surface area contributed by atoms with Crippen molar-refractivity contribution in [2.45, 2.75) is 13.0 Å². The Kier molecular flexibility index (Phi) is 3.84. The van der Waals surface area contributed by atoms with Crippen LogP contribution in [0, 0.1) is 10.1 Å². The number of likely N-dealkylation sites (N-methyl/N-ethyl adjacent to an activating group) is 1. The maximum Gasteiger partial charge on any atom is 0.323 e. The fourth-order valence-corrected chi connectivity index (χ4v) is 1.57. The second-order valence-corrected chi connectivity index (χ2v) is 3.93. The average Bonchev–Trinajstić information content (AvgIpc) is 2.57. The zero-order chi connectivity index (χ0) is 13.2. The number of amides is 1. The van der Waals surface area contributed by atoms with Gasteiger partial charge in [-0.3, -0.25) is 4.79 Å². The zero-order valence-corrected chi connectivity index (χ0v) is 9.95. The SMILES string of the molecule is CC(O)CN(C)C(=O)c1ccc([N+](=O)[O-])n1C. The number of nitrogens with zero attached hydrogens (tertiary/aromatic N) is 3. The van der Waals surface area contributed by atoms with Gasteiger partial charge in [0, 0.05) is 19.7 Å². The van der Waals surface area contributed by atoms with Gasteiger partial charge in [0.15, 0.2) is 5.69 Å². The second-order valence-electron chi connectivity index (χ2n) is 3.93. The summed E-state index contributed by atoms with van der Waals surface area (Å²) >= 11 is 0. The number of carbonyl (C=O) groups excluding carboxylic acids is 1. The van der Waals surface area contributed by atoms with E-state index in [-0.39, 0.29) is 24.0 Å². The van der Waals surface area contributed by atoms with E-state index in [9.17, 15) is 20.0 Å². The highest BCUT2D eigenvalue weighted by Crippen LogP contribution is 2.16. The average molecular weight is 241 g/mol. The summed E-state index contributed by atoms with van der Waals surface area (Å²) < 4.78 is 1.22. The summed E-state index contributed by atoms with van der Waals surface area (Å²) in [7, 11) is 3.00. The molecule has 1 rings (SSSR count). The maximum absolute atomic E-state index is 11.9. The van der Waals surface area contributed by atoms with Crippen LogP contribution >= 0.6 is 0 Å². The molecular formula is C10H15N3O4. The molecule has 0 saturated carbocycles. The van der Waals surface area contributed by atoms with Gasteiger partial charge < -0.3 is 20.1 Å². The zero-order valence-electron chi connectivity index (χ0n) is 9.95. The molecule has 0 aliphatic carbocycles. The molecule has 0 radical (unpaired) electrons. The number of aliphatic hydroxyl groups excluding tert-OH is 1. The Labute approximate surface area is 98.4 Å². The van der Waals surface area contributed by atoms with Crippen molar-refractivity contribution in [3.05, 3.63) is 27.9 Å². The molecule has 1 heterocycles. The number of aromatic nitrogens is 1. The molecule has 0 aromatic carbocycles. The molecule has 7 nitrogen and oxygen atoms in total. The van der Waals surface area contributed by atoms with Gasteiger partial charge in [-0.25, -0.2) is 4.57 Å². The first-order valence-electron chi connectivity index (χ1n) is 5.08.